The van der Waals surface area contributed by atoms with Crippen molar-refractivity contribution in [1.29, 1.82) is 0 Å². The van der Waals surface area contributed by atoms with Gasteiger partial charge < -0.3 is 15.0 Å². The fourth-order valence-electron chi connectivity index (χ4n) is 4.51. The minimum atomic E-state index is -0.149. The summed E-state index contributed by atoms with van der Waals surface area (Å²) in [4.78, 5) is 40.7. The van der Waals surface area contributed by atoms with Gasteiger partial charge in [-0.2, -0.15) is 0 Å². The van der Waals surface area contributed by atoms with E-state index in [4.69, 9.17) is 4.74 Å². The molecule has 2 aliphatic rings. The first-order valence-electron chi connectivity index (χ1n) is 11.5. The van der Waals surface area contributed by atoms with Gasteiger partial charge in [-0.1, -0.05) is 6.07 Å². The van der Waals surface area contributed by atoms with Gasteiger partial charge in [-0.05, 0) is 50.7 Å². The summed E-state index contributed by atoms with van der Waals surface area (Å²) in [6, 6.07) is 3.89. The van der Waals surface area contributed by atoms with Crippen molar-refractivity contribution in [2.24, 2.45) is 5.92 Å². The molecule has 32 heavy (non-hydrogen) atoms. The Balaban J connectivity index is 1.36. The summed E-state index contributed by atoms with van der Waals surface area (Å²) in [5.74, 6) is 0.994. The first-order chi connectivity index (χ1) is 15.6. The number of hydrogen-bond donors (Lipinski definition) is 1. The normalized spacial score (nSPS) is 17.8. The molecule has 2 aromatic heterocycles. The van der Waals surface area contributed by atoms with E-state index in [-0.39, 0.29) is 23.7 Å². The van der Waals surface area contributed by atoms with E-state index in [1.54, 1.807) is 12.4 Å². The molecule has 0 saturated carbocycles. The predicted octanol–water partition coefficient (Wildman–Crippen LogP) is 2.29. The second-order valence-corrected chi connectivity index (χ2v) is 8.57. The number of hydrogen-bond acceptors (Lipinski definition) is 6. The quantitative estimate of drug-likeness (QED) is 0.745. The lowest BCUT2D eigenvalue weighted by atomic mass is 9.89. The average molecular weight is 438 g/mol. The lowest BCUT2D eigenvalue weighted by molar-refractivity contribution is -0.139. The Labute approximate surface area is 188 Å². The van der Waals surface area contributed by atoms with E-state index >= 15 is 0 Å². The highest BCUT2D eigenvalue weighted by molar-refractivity contribution is 5.95. The monoisotopic (exact) mass is 437 g/mol. The Morgan fingerprint density at radius 1 is 1.16 bits per heavy atom. The second kappa shape index (κ2) is 10.6. The molecule has 0 bridgehead atoms. The summed E-state index contributed by atoms with van der Waals surface area (Å²) in [6.45, 7) is 5.11. The fourth-order valence-corrected chi connectivity index (χ4v) is 4.51. The van der Waals surface area contributed by atoms with E-state index in [9.17, 15) is 9.59 Å². The first kappa shape index (κ1) is 22.3. The first-order valence-corrected chi connectivity index (χ1v) is 11.5. The van der Waals surface area contributed by atoms with E-state index in [1.807, 2.05) is 30.2 Å². The van der Waals surface area contributed by atoms with Gasteiger partial charge >= 0.3 is 0 Å². The molecule has 8 nitrogen and oxygen atoms in total. The van der Waals surface area contributed by atoms with Crippen molar-refractivity contribution in [3.8, 4) is 0 Å². The molecule has 2 aliphatic heterocycles. The molecule has 0 aliphatic carbocycles. The molecule has 0 aromatic carbocycles. The van der Waals surface area contributed by atoms with Crippen molar-refractivity contribution in [2.75, 3.05) is 32.8 Å². The van der Waals surface area contributed by atoms with Crippen molar-refractivity contribution in [1.82, 2.24) is 25.2 Å². The lowest BCUT2D eigenvalue weighted by Crippen LogP contribution is -2.43. The Kier molecular flexibility index (Phi) is 7.42. The predicted molar refractivity (Wildman–Crippen MR) is 119 cm³/mol. The van der Waals surface area contributed by atoms with Crippen molar-refractivity contribution in [3.63, 3.8) is 0 Å². The van der Waals surface area contributed by atoms with Gasteiger partial charge in [0.05, 0.1) is 11.3 Å². The van der Waals surface area contributed by atoms with Crippen LogP contribution in [0.15, 0.2) is 30.7 Å². The van der Waals surface area contributed by atoms with E-state index in [1.165, 1.54) is 0 Å². The number of piperidine rings is 1. The van der Waals surface area contributed by atoms with E-state index in [2.05, 4.69) is 20.3 Å². The topological polar surface area (TPSA) is 97.3 Å². The molecular weight excluding hydrogens is 406 g/mol. The zero-order valence-corrected chi connectivity index (χ0v) is 18.6. The Morgan fingerprint density at radius 2 is 1.94 bits per heavy atom. The molecule has 4 heterocycles. The van der Waals surface area contributed by atoms with Crippen molar-refractivity contribution in [3.05, 3.63) is 53.4 Å². The van der Waals surface area contributed by atoms with E-state index in [0.29, 0.717) is 50.7 Å². The molecule has 0 radical (unpaired) electrons. The number of carbonyl (C=O) groups is 2. The molecule has 170 valence electrons. The molecule has 4 rings (SSSR count). The van der Waals surface area contributed by atoms with Crippen LogP contribution in [0.3, 0.4) is 0 Å². The van der Waals surface area contributed by atoms with Crippen molar-refractivity contribution in [2.45, 2.75) is 44.9 Å². The van der Waals surface area contributed by atoms with Crippen LogP contribution in [0.5, 0.6) is 0 Å². The van der Waals surface area contributed by atoms with Crippen LogP contribution in [-0.2, 0) is 16.0 Å². The molecule has 0 spiro atoms. The second-order valence-electron chi connectivity index (χ2n) is 8.57. The SMILES string of the molecule is Cc1ncc(C(=O)NCCc2cccnc2)c(C2CCN(C(=O)C3CCOCC3)CC2)n1. The van der Waals surface area contributed by atoms with Gasteiger partial charge in [-0.25, -0.2) is 9.97 Å². The molecule has 2 fully saturated rings. The molecule has 1 N–H and O–H groups in total. The summed E-state index contributed by atoms with van der Waals surface area (Å²) < 4.78 is 5.39. The summed E-state index contributed by atoms with van der Waals surface area (Å²) in [6.07, 6.45) is 9.14. The molecule has 2 saturated heterocycles. The summed E-state index contributed by atoms with van der Waals surface area (Å²) in [7, 11) is 0. The van der Waals surface area contributed by atoms with Gasteiger partial charge in [-0.15, -0.1) is 0 Å². The highest BCUT2D eigenvalue weighted by atomic mass is 16.5. The highest BCUT2D eigenvalue weighted by Crippen LogP contribution is 2.30. The third-order valence-electron chi connectivity index (χ3n) is 6.37. The molecule has 0 unspecified atom stereocenters. The number of rotatable bonds is 6. The number of aryl methyl sites for hydroxylation is 1. The van der Waals surface area contributed by atoms with E-state index < -0.39 is 0 Å². The Morgan fingerprint density at radius 3 is 2.66 bits per heavy atom. The van der Waals surface area contributed by atoms with Gasteiger partial charge in [0.2, 0.25) is 5.91 Å². The number of nitrogens with zero attached hydrogens (tertiary/aromatic N) is 4. The maximum absolute atomic E-state index is 12.9. The molecule has 2 aromatic rings. The third-order valence-corrected chi connectivity index (χ3v) is 6.37. The number of carbonyl (C=O) groups excluding carboxylic acids is 2. The highest BCUT2D eigenvalue weighted by Gasteiger charge is 2.31. The van der Waals surface area contributed by atoms with E-state index in [0.717, 1.165) is 36.9 Å². The summed E-state index contributed by atoms with van der Waals surface area (Å²) in [5.41, 5.74) is 2.42. The van der Waals surface area contributed by atoms with Crippen molar-refractivity contribution >= 4 is 11.8 Å². The van der Waals surface area contributed by atoms with Crippen molar-refractivity contribution < 1.29 is 14.3 Å². The summed E-state index contributed by atoms with van der Waals surface area (Å²) >= 11 is 0. The number of likely N-dealkylation sites (tertiary alicyclic amines) is 1. The minimum Gasteiger partial charge on any atom is -0.381 e. The minimum absolute atomic E-state index is 0.0859. The van der Waals surface area contributed by atoms with Crippen LogP contribution in [0, 0.1) is 12.8 Å². The molecular formula is C24H31N5O3. The number of amides is 2. The largest absolute Gasteiger partial charge is 0.381 e. The smallest absolute Gasteiger partial charge is 0.254 e. The Bertz CT molecular complexity index is 922. The van der Waals surface area contributed by atoms with Gasteiger partial charge in [0.1, 0.15) is 5.82 Å². The van der Waals surface area contributed by atoms with Crippen LogP contribution in [0.2, 0.25) is 0 Å². The number of aromatic nitrogens is 3. The van der Waals surface area contributed by atoms with Crippen LogP contribution >= 0.6 is 0 Å². The number of pyridine rings is 1. The summed E-state index contributed by atoms with van der Waals surface area (Å²) in [5, 5.41) is 2.99. The van der Waals surface area contributed by atoms with Gasteiger partial charge in [0, 0.05) is 63.3 Å². The zero-order chi connectivity index (χ0) is 22.3. The molecule has 8 heteroatoms. The fraction of sp³-hybridized carbons (Fsp3) is 0.542. The molecule has 2 amide bonds. The number of nitrogens with one attached hydrogen (secondary N) is 1. The standard InChI is InChI=1S/C24H31N5O3/c1-17-27-16-21(23(30)26-10-4-18-3-2-9-25-15-18)22(28-17)19-5-11-29(12-6-19)24(31)20-7-13-32-14-8-20/h2-3,9,15-16,19-20H,4-8,10-14H2,1H3,(H,26,30). The zero-order valence-electron chi connectivity index (χ0n) is 18.6. The average Bonchev–Trinajstić information content (AvgIpc) is 2.85. The lowest BCUT2D eigenvalue weighted by Gasteiger charge is -2.35. The van der Waals surface area contributed by atoms with Crippen LogP contribution < -0.4 is 5.32 Å². The number of ether oxygens (including phenoxy) is 1. The third kappa shape index (κ3) is 5.48. The van der Waals surface area contributed by atoms with Crippen LogP contribution in [0.25, 0.3) is 0 Å². The van der Waals surface area contributed by atoms with Crippen LogP contribution in [0.4, 0.5) is 0 Å². The van der Waals surface area contributed by atoms with Crippen LogP contribution in [0.1, 0.15) is 59.0 Å². The molecule has 0 atom stereocenters. The maximum atomic E-state index is 12.9. The maximum Gasteiger partial charge on any atom is 0.254 e. The Hall–Kier alpha value is -2.87. The van der Waals surface area contributed by atoms with Gasteiger partial charge in [0.15, 0.2) is 0 Å². The van der Waals surface area contributed by atoms with Crippen LogP contribution in [-0.4, -0.2) is 64.5 Å². The van der Waals surface area contributed by atoms with Gasteiger partial charge in [0.25, 0.3) is 5.91 Å². The van der Waals surface area contributed by atoms with Gasteiger partial charge in [-0.3, -0.25) is 14.6 Å².